The van der Waals surface area contributed by atoms with Crippen LogP contribution >= 0.6 is 24.0 Å². The van der Waals surface area contributed by atoms with Gasteiger partial charge in [0.1, 0.15) is 18.1 Å². The summed E-state index contributed by atoms with van der Waals surface area (Å²) in [5, 5.41) is 6.72. The Morgan fingerprint density at radius 2 is 1.75 bits per heavy atom. The first-order chi connectivity index (χ1) is 13.2. The molecule has 0 spiro atoms. The molecule has 1 aliphatic heterocycles. The number of aliphatic imine (C=N–C) groups is 1. The number of methoxy groups -OCH3 is 1. The minimum atomic E-state index is 0. The number of hydrogen-bond donors (Lipinski definition) is 2. The van der Waals surface area contributed by atoms with Gasteiger partial charge in [0.25, 0.3) is 0 Å². The zero-order valence-corrected chi connectivity index (χ0v) is 19.9. The van der Waals surface area contributed by atoms with Gasteiger partial charge in [0.2, 0.25) is 0 Å². The lowest BCUT2D eigenvalue weighted by Crippen LogP contribution is -2.53. The van der Waals surface area contributed by atoms with Gasteiger partial charge in [0, 0.05) is 45.8 Å². The fourth-order valence-corrected chi connectivity index (χ4v) is 3.12. The maximum Gasteiger partial charge on any atom is 0.191 e. The Morgan fingerprint density at radius 1 is 1.11 bits per heavy atom. The highest BCUT2D eigenvalue weighted by molar-refractivity contribution is 14.0. The lowest BCUT2D eigenvalue weighted by atomic mass is 10.2. The van der Waals surface area contributed by atoms with Crippen molar-refractivity contribution < 1.29 is 9.47 Å². The van der Waals surface area contributed by atoms with Crippen LogP contribution in [0.4, 0.5) is 0 Å². The Kier molecular flexibility index (Phi) is 12.2. The predicted molar refractivity (Wildman–Crippen MR) is 126 cm³/mol. The summed E-state index contributed by atoms with van der Waals surface area (Å²) in [6.45, 7) is 12.4. The molecule has 1 saturated heterocycles. The Hall–Kier alpha value is -1.26. The zero-order valence-electron chi connectivity index (χ0n) is 17.6. The Labute approximate surface area is 186 Å². The van der Waals surface area contributed by atoms with E-state index in [2.05, 4.69) is 39.3 Å². The summed E-state index contributed by atoms with van der Waals surface area (Å²) in [5.74, 6) is 2.48. The predicted octanol–water partition coefficient (Wildman–Crippen LogP) is 1.88. The van der Waals surface area contributed by atoms with Gasteiger partial charge in [-0.15, -0.1) is 24.0 Å². The van der Waals surface area contributed by atoms with Gasteiger partial charge >= 0.3 is 0 Å². The fraction of sp³-hybridized carbons (Fsp3) is 0.650. The van der Waals surface area contributed by atoms with E-state index in [-0.39, 0.29) is 24.0 Å². The number of benzene rings is 1. The molecule has 8 heteroatoms. The van der Waals surface area contributed by atoms with Crippen molar-refractivity contribution >= 4 is 29.9 Å². The van der Waals surface area contributed by atoms with Gasteiger partial charge in [-0.1, -0.05) is 6.92 Å². The molecule has 0 aromatic heterocycles. The third-order valence-corrected chi connectivity index (χ3v) is 4.99. The molecule has 1 aromatic rings. The summed E-state index contributed by atoms with van der Waals surface area (Å²) in [6.07, 6.45) is 0. The van der Waals surface area contributed by atoms with Gasteiger partial charge in [-0.3, -0.25) is 9.89 Å². The van der Waals surface area contributed by atoms with Crippen LogP contribution in [0.15, 0.2) is 29.3 Å². The summed E-state index contributed by atoms with van der Waals surface area (Å²) in [7, 11) is 3.45. The summed E-state index contributed by atoms with van der Waals surface area (Å²) in [6, 6.07) is 8.09. The van der Waals surface area contributed by atoms with E-state index in [1.54, 1.807) is 14.2 Å². The monoisotopic (exact) mass is 505 g/mol. The molecule has 1 unspecified atom stereocenters. The lowest BCUT2D eigenvalue weighted by Gasteiger charge is -2.37. The SMILES string of the molecule is CCN1CCN(C(C)CNC(=NC)NCCOc2ccc(OC)cc2)CC1.I. The summed E-state index contributed by atoms with van der Waals surface area (Å²) >= 11 is 0. The number of hydrogen-bond acceptors (Lipinski definition) is 5. The van der Waals surface area contributed by atoms with Crippen molar-refractivity contribution in [2.24, 2.45) is 4.99 Å². The highest BCUT2D eigenvalue weighted by Gasteiger charge is 2.20. The number of piperazine rings is 1. The Balaban J connectivity index is 0.00000392. The fourth-order valence-electron chi connectivity index (χ4n) is 3.12. The molecule has 1 heterocycles. The van der Waals surface area contributed by atoms with Crippen LogP contribution in [0.5, 0.6) is 11.5 Å². The average molecular weight is 505 g/mol. The smallest absolute Gasteiger partial charge is 0.191 e. The summed E-state index contributed by atoms with van der Waals surface area (Å²) < 4.78 is 10.9. The molecule has 0 saturated carbocycles. The number of ether oxygens (including phenoxy) is 2. The zero-order chi connectivity index (χ0) is 19.5. The van der Waals surface area contributed by atoms with E-state index in [0.717, 1.165) is 56.7 Å². The van der Waals surface area contributed by atoms with Crippen LogP contribution in [0.3, 0.4) is 0 Å². The van der Waals surface area contributed by atoms with Gasteiger partial charge in [-0.05, 0) is 37.7 Å². The molecule has 0 amide bonds. The standard InChI is InChI=1S/C20H35N5O2.HI/c1-5-24-11-13-25(14-12-24)17(2)16-23-20(21-3)22-10-15-27-19-8-6-18(26-4)7-9-19;/h6-9,17H,5,10-16H2,1-4H3,(H2,21,22,23);1H. The Bertz CT molecular complexity index is 562. The van der Waals surface area contributed by atoms with Crippen molar-refractivity contribution in [2.45, 2.75) is 19.9 Å². The second-order valence-corrected chi connectivity index (χ2v) is 6.72. The first-order valence-electron chi connectivity index (χ1n) is 9.84. The van der Waals surface area contributed by atoms with Crippen LogP contribution < -0.4 is 20.1 Å². The van der Waals surface area contributed by atoms with E-state index >= 15 is 0 Å². The van der Waals surface area contributed by atoms with E-state index in [9.17, 15) is 0 Å². The number of nitrogens with one attached hydrogen (secondary N) is 2. The third-order valence-electron chi connectivity index (χ3n) is 4.99. The molecule has 28 heavy (non-hydrogen) atoms. The first kappa shape index (κ1) is 24.8. The first-order valence-corrected chi connectivity index (χ1v) is 9.84. The molecule has 7 nitrogen and oxygen atoms in total. The molecule has 1 atom stereocenters. The van der Waals surface area contributed by atoms with E-state index in [4.69, 9.17) is 9.47 Å². The lowest BCUT2D eigenvalue weighted by molar-refractivity contribution is 0.107. The van der Waals surface area contributed by atoms with Gasteiger partial charge < -0.3 is 25.0 Å². The van der Waals surface area contributed by atoms with Crippen LogP contribution in [-0.4, -0.2) is 88.4 Å². The normalized spacial score (nSPS) is 16.8. The van der Waals surface area contributed by atoms with Gasteiger partial charge in [0.15, 0.2) is 5.96 Å². The summed E-state index contributed by atoms with van der Waals surface area (Å²) in [5.41, 5.74) is 0. The second-order valence-electron chi connectivity index (χ2n) is 6.72. The quantitative estimate of drug-likeness (QED) is 0.232. The maximum absolute atomic E-state index is 5.73. The molecule has 160 valence electrons. The topological polar surface area (TPSA) is 61.4 Å². The van der Waals surface area contributed by atoms with Crippen LogP contribution in [0, 0.1) is 0 Å². The van der Waals surface area contributed by atoms with Crippen LogP contribution in [0.25, 0.3) is 0 Å². The molecule has 1 fully saturated rings. The number of rotatable bonds is 9. The number of guanidine groups is 1. The molecule has 0 radical (unpaired) electrons. The van der Waals surface area contributed by atoms with E-state index in [1.807, 2.05) is 24.3 Å². The maximum atomic E-state index is 5.73. The average Bonchev–Trinajstić information content (AvgIpc) is 2.73. The molecule has 2 rings (SSSR count). The molecule has 1 aliphatic rings. The summed E-state index contributed by atoms with van der Waals surface area (Å²) in [4.78, 5) is 9.33. The molecule has 2 N–H and O–H groups in total. The molecule has 0 aliphatic carbocycles. The minimum absolute atomic E-state index is 0. The van der Waals surface area contributed by atoms with E-state index in [0.29, 0.717) is 19.2 Å². The molecule has 1 aromatic carbocycles. The van der Waals surface area contributed by atoms with Crippen LogP contribution in [0.1, 0.15) is 13.8 Å². The van der Waals surface area contributed by atoms with E-state index < -0.39 is 0 Å². The number of likely N-dealkylation sites (N-methyl/N-ethyl adjacent to an activating group) is 1. The van der Waals surface area contributed by atoms with Crippen LogP contribution in [-0.2, 0) is 0 Å². The second kappa shape index (κ2) is 13.8. The molecular formula is C20H36IN5O2. The van der Waals surface area contributed by atoms with Crippen molar-refractivity contribution in [1.29, 1.82) is 0 Å². The highest BCUT2D eigenvalue weighted by atomic mass is 127. The third kappa shape index (κ3) is 8.40. The van der Waals surface area contributed by atoms with Gasteiger partial charge in [0.05, 0.1) is 13.7 Å². The van der Waals surface area contributed by atoms with Crippen molar-refractivity contribution in [1.82, 2.24) is 20.4 Å². The van der Waals surface area contributed by atoms with Crippen molar-refractivity contribution in [3.05, 3.63) is 24.3 Å². The largest absolute Gasteiger partial charge is 0.497 e. The number of nitrogens with zero attached hydrogens (tertiary/aromatic N) is 3. The van der Waals surface area contributed by atoms with Gasteiger partial charge in [-0.2, -0.15) is 0 Å². The van der Waals surface area contributed by atoms with Gasteiger partial charge in [-0.25, -0.2) is 0 Å². The molecule has 0 bridgehead atoms. The van der Waals surface area contributed by atoms with Crippen molar-refractivity contribution in [2.75, 3.05) is 66.6 Å². The van der Waals surface area contributed by atoms with Crippen molar-refractivity contribution in [3.8, 4) is 11.5 Å². The Morgan fingerprint density at radius 3 is 2.32 bits per heavy atom. The minimum Gasteiger partial charge on any atom is -0.497 e. The number of halogens is 1. The highest BCUT2D eigenvalue weighted by Crippen LogP contribution is 2.16. The van der Waals surface area contributed by atoms with E-state index in [1.165, 1.54) is 0 Å². The molecular weight excluding hydrogens is 469 g/mol. The van der Waals surface area contributed by atoms with Crippen LogP contribution in [0.2, 0.25) is 0 Å². The van der Waals surface area contributed by atoms with Crippen molar-refractivity contribution in [3.63, 3.8) is 0 Å².